The Labute approximate surface area is 192 Å². The number of hydrogen-bond donors (Lipinski definition) is 1. The molecule has 2 fully saturated rings. The molecule has 158 valence electrons. The van der Waals surface area contributed by atoms with E-state index >= 15 is 0 Å². The van der Waals surface area contributed by atoms with E-state index in [-0.39, 0.29) is 30.1 Å². The van der Waals surface area contributed by atoms with Crippen molar-refractivity contribution >= 4 is 51.8 Å². The predicted molar refractivity (Wildman–Crippen MR) is 124 cm³/mol. The van der Waals surface area contributed by atoms with Gasteiger partial charge in [0.25, 0.3) is 0 Å². The normalized spacial score (nSPS) is 21.3. The summed E-state index contributed by atoms with van der Waals surface area (Å²) in [5.74, 6) is 2.16. The number of aliphatic imine (C=N–C) groups is 1. The van der Waals surface area contributed by atoms with Gasteiger partial charge in [0, 0.05) is 52.9 Å². The molecule has 0 amide bonds. The molecule has 0 spiro atoms. The number of ether oxygens (including phenoxy) is 2. The van der Waals surface area contributed by atoms with E-state index in [1.807, 2.05) is 7.05 Å². The van der Waals surface area contributed by atoms with Gasteiger partial charge < -0.3 is 29.5 Å². The molecule has 0 radical (unpaired) electrons. The fourth-order valence-electron chi connectivity index (χ4n) is 3.28. The molecule has 1 aromatic rings. The van der Waals surface area contributed by atoms with Crippen molar-refractivity contribution in [1.29, 1.82) is 0 Å². The zero-order valence-corrected chi connectivity index (χ0v) is 20.5. The summed E-state index contributed by atoms with van der Waals surface area (Å²) in [6, 6.07) is 0. The van der Waals surface area contributed by atoms with Gasteiger partial charge in [0.2, 0.25) is 11.8 Å². The lowest BCUT2D eigenvalue weighted by Crippen LogP contribution is -2.55. The van der Waals surface area contributed by atoms with Crippen LogP contribution in [0.3, 0.4) is 0 Å². The Hall–Kier alpha value is -0.920. The molecule has 0 aliphatic carbocycles. The van der Waals surface area contributed by atoms with Crippen LogP contribution in [0.5, 0.6) is 5.88 Å². The number of nitrogens with one attached hydrogen (secondary N) is 1. The maximum Gasteiger partial charge on any atom is 0.232 e. The van der Waals surface area contributed by atoms with E-state index in [1.54, 1.807) is 13.3 Å². The van der Waals surface area contributed by atoms with Gasteiger partial charge in [-0.15, -0.1) is 24.0 Å². The minimum Gasteiger partial charge on any atom is -0.480 e. The van der Waals surface area contributed by atoms with E-state index in [0.29, 0.717) is 11.8 Å². The number of aromatic nitrogens is 2. The zero-order valence-electron chi connectivity index (χ0n) is 16.6. The predicted octanol–water partition coefficient (Wildman–Crippen LogP) is 0.894. The Morgan fingerprint density at radius 3 is 2.75 bits per heavy atom. The third-order valence-corrected chi connectivity index (χ3v) is 5.34. The summed E-state index contributed by atoms with van der Waals surface area (Å²) < 4.78 is 11.8. The Balaban J connectivity index is 0.00000280. The molecular weight excluding hydrogens is 541 g/mol. The van der Waals surface area contributed by atoms with Gasteiger partial charge in [-0.1, -0.05) is 0 Å². The lowest BCUT2D eigenvalue weighted by Gasteiger charge is -2.37. The molecule has 1 atom stereocenters. The fourth-order valence-corrected chi connectivity index (χ4v) is 3.64. The number of methoxy groups -OCH3 is 1. The van der Waals surface area contributed by atoms with Gasteiger partial charge in [-0.25, -0.2) is 4.98 Å². The molecule has 0 saturated carbocycles. The standard InChI is InChI=1S/C17H28BrN7O2.HI/c1-19-16(20-10-13-12-23(2)8-9-27-13)24-4-6-25(7-5-24)17-21-11-14(18)15(22-17)26-3;/h11,13H,4-10,12H2,1-3H3,(H,19,20);1H. The van der Waals surface area contributed by atoms with Crippen molar-refractivity contribution in [3.8, 4) is 5.88 Å². The van der Waals surface area contributed by atoms with Crippen LogP contribution in [0, 0.1) is 0 Å². The molecular formula is C17H29BrIN7O2. The maximum atomic E-state index is 5.82. The highest BCUT2D eigenvalue weighted by molar-refractivity contribution is 14.0. The summed E-state index contributed by atoms with van der Waals surface area (Å²) in [4.78, 5) is 20.0. The first-order chi connectivity index (χ1) is 13.1. The summed E-state index contributed by atoms with van der Waals surface area (Å²) in [6.45, 7) is 6.86. The molecule has 1 aromatic heterocycles. The van der Waals surface area contributed by atoms with Crippen LogP contribution in [0.2, 0.25) is 0 Å². The average molecular weight is 570 g/mol. The number of nitrogens with zero attached hydrogens (tertiary/aromatic N) is 6. The van der Waals surface area contributed by atoms with Crippen LogP contribution in [0.25, 0.3) is 0 Å². The SMILES string of the molecule is CN=C(NCC1CN(C)CCO1)N1CCN(c2ncc(Br)c(OC)n2)CC1.I. The number of anilines is 1. The lowest BCUT2D eigenvalue weighted by molar-refractivity contribution is -0.0163. The first-order valence-corrected chi connectivity index (χ1v) is 9.97. The maximum absolute atomic E-state index is 5.82. The number of rotatable bonds is 4. The van der Waals surface area contributed by atoms with Crippen molar-refractivity contribution in [1.82, 2.24) is 25.1 Å². The molecule has 28 heavy (non-hydrogen) atoms. The molecule has 9 nitrogen and oxygen atoms in total. The van der Waals surface area contributed by atoms with E-state index in [9.17, 15) is 0 Å². The number of piperazine rings is 1. The smallest absolute Gasteiger partial charge is 0.232 e. The van der Waals surface area contributed by atoms with Crippen molar-refractivity contribution in [2.45, 2.75) is 6.10 Å². The molecule has 0 aromatic carbocycles. The average Bonchev–Trinajstić information content (AvgIpc) is 2.69. The molecule has 3 heterocycles. The highest BCUT2D eigenvalue weighted by atomic mass is 127. The van der Waals surface area contributed by atoms with Gasteiger partial charge in [0.1, 0.15) is 0 Å². The van der Waals surface area contributed by atoms with E-state index in [2.05, 4.69) is 58.0 Å². The fraction of sp³-hybridized carbons (Fsp3) is 0.706. The third kappa shape index (κ3) is 6.04. The van der Waals surface area contributed by atoms with E-state index in [4.69, 9.17) is 9.47 Å². The van der Waals surface area contributed by atoms with Crippen LogP contribution in [0.1, 0.15) is 0 Å². The summed E-state index contributed by atoms with van der Waals surface area (Å²) in [5.41, 5.74) is 0. The summed E-state index contributed by atoms with van der Waals surface area (Å²) in [6.07, 6.45) is 1.93. The van der Waals surface area contributed by atoms with E-state index < -0.39 is 0 Å². The molecule has 11 heteroatoms. The van der Waals surface area contributed by atoms with Crippen molar-refractivity contribution in [2.75, 3.05) is 78.5 Å². The van der Waals surface area contributed by atoms with Crippen molar-refractivity contribution in [2.24, 2.45) is 4.99 Å². The first kappa shape index (κ1) is 23.4. The van der Waals surface area contributed by atoms with Crippen LogP contribution in [-0.2, 0) is 4.74 Å². The van der Waals surface area contributed by atoms with Gasteiger partial charge in [0.05, 0.1) is 30.5 Å². The van der Waals surface area contributed by atoms with Gasteiger partial charge in [-0.3, -0.25) is 4.99 Å². The molecule has 2 aliphatic heterocycles. The molecule has 1 N–H and O–H groups in total. The zero-order chi connectivity index (χ0) is 19.2. The summed E-state index contributed by atoms with van der Waals surface area (Å²) in [5, 5.41) is 3.46. The van der Waals surface area contributed by atoms with Crippen LogP contribution >= 0.6 is 39.9 Å². The van der Waals surface area contributed by atoms with Gasteiger partial charge >= 0.3 is 0 Å². The van der Waals surface area contributed by atoms with Gasteiger partial charge in [0.15, 0.2) is 5.96 Å². The summed E-state index contributed by atoms with van der Waals surface area (Å²) in [7, 11) is 5.56. The second-order valence-electron chi connectivity index (χ2n) is 6.68. The number of likely N-dealkylation sites (N-methyl/N-ethyl adjacent to an activating group) is 1. The molecule has 2 aliphatic rings. The van der Waals surface area contributed by atoms with E-state index in [0.717, 1.165) is 62.9 Å². The second-order valence-corrected chi connectivity index (χ2v) is 7.54. The number of morpholine rings is 1. The lowest BCUT2D eigenvalue weighted by atomic mass is 10.3. The molecule has 0 bridgehead atoms. The Kier molecular flexibility index (Phi) is 9.44. The van der Waals surface area contributed by atoms with Crippen LogP contribution < -0.4 is 15.0 Å². The van der Waals surface area contributed by atoms with Crippen LogP contribution in [-0.4, -0.2) is 105 Å². The topological polar surface area (TPSA) is 78.4 Å². The monoisotopic (exact) mass is 569 g/mol. The van der Waals surface area contributed by atoms with Crippen molar-refractivity contribution < 1.29 is 9.47 Å². The van der Waals surface area contributed by atoms with Crippen molar-refractivity contribution in [3.63, 3.8) is 0 Å². The Morgan fingerprint density at radius 2 is 2.11 bits per heavy atom. The molecule has 1 unspecified atom stereocenters. The number of halogens is 2. The summed E-state index contributed by atoms with van der Waals surface area (Å²) >= 11 is 3.39. The molecule has 2 saturated heterocycles. The van der Waals surface area contributed by atoms with Crippen molar-refractivity contribution in [3.05, 3.63) is 10.7 Å². The van der Waals surface area contributed by atoms with Crippen LogP contribution in [0.15, 0.2) is 15.7 Å². The quantitative estimate of drug-likeness (QED) is 0.325. The molecule has 3 rings (SSSR count). The Bertz CT molecular complexity index is 658. The largest absolute Gasteiger partial charge is 0.480 e. The minimum absolute atomic E-state index is 0. The minimum atomic E-state index is 0. The first-order valence-electron chi connectivity index (χ1n) is 9.18. The second kappa shape index (κ2) is 11.3. The van der Waals surface area contributed by atoms with Gasteiger partial charge in [-0.05, 0) is 23.0 Å². The van der Waals surface area contributed by atoms with Gasteiger partial charge in [-0.2, -0.15) is 4.98 Å². The van der Waals surface area contributed by atoms with E-state index in [1.165, 1.54) is 0 Å². The van der Waals surface area contributed by atoms with Crippen LogP contribution in [0.4, 0.5) is 5.95 Å². The highest BCUT2D eigenvalue weighted by Crippen LogP contribution is 2.23. The number of guanidine groups is 1. The highest BCUT2D eigenvalue weighted by Gasteiger charge is 2.23. The number of hydrogen-bond acceptors (Lipinski definition) is 7. The Morgan fingerprint density at radius 1 is 1.36 bits per heavy atom. The third-order valence-electron chi connectivity index (χ3n) is 4.80.